The van der Waals surface area contributed by atoms with E-state index in [4.69, 9.17) is 4.74 Å². The summed E-state index contributed by atoms with van der Waals surface area (Å²) in [5, 5.41) is 8.41. The molecule has 2 aromatic carbocycles. The van der Waals surface area contributed by atoms with Crippen molar-refractivity contribution in [2.45, 2.75) is 6.92 Å². The maximum absolute atomic E-state index is 5.23. The Morgan fingerprint density at radius 3 is 2.70 bits per heavy atom. The molecule has 1 aromatic heterocycles. The summed E-state index contributed by atoms with van der Waals surface area (Å²) in [7, 11) is 1.66. The molecule has 0 atom stereocenters. The maximum atomic E-state index is 5.23. The third-order valence-corrected chi connectivity index (χ3v) is 3.13. The highest BCUT2D eigenvalue weighted by Gasteiger charge is 2.06. The van der Waals surface area contributed by atoms with Crippen LogP contribution in [0.3, 0.4) is 0 Å². The SMILES string of the molecule is COc1cccc(-c2cn(-c3cccc(C)c3)nn2)c1. The number of hydrogen-bond acceptors (Lipinski definition) is 3. The molecule has 4 heteroatoms. The zero-order valence-corrected chi connectivity index (χ0v) is 11.4. The van der Waals surface area contributed by atoms with E-state index in [1.54, 1.807) is 11.8 Å². The van der Waals surface area contributed by atoms with Crippen molar-refractivity contribution in [1.29, 1.82) is 0 Å². The fraction of sp³-hybridized carbons (Fsp3) is 0.125. The lowest BCUT2D eigenvalue weighted by molar-refractivity contribution is 0.415. The van der Waals surface area contributed by atoms with Gasteiger partial charge in [-0.05, 0) is 36.8 Å². The van der Waals surface area contributed by atoms with E-state index in [1.165, 1.54) is 5.56 Å². The van der Waals surface area contributed by atoms with E-state index in [1.807, 2.05) is 42.6 Å². The van der Waals surface area contributed by atoms with Gasteiger partial charge in [0.05, 0.1) is 19.0 Å². The van der Waals surface area contributed by atoms with Gasteiger partial charge in [-0.2, -0.15) is 0 Å². The van der Waals surface area contributed by atoms with Crippen LogP contribution in [0.5, 0.6) is 5.75 Å². The summed E-state index contributed by atoms with van der Waals surface area (Å²) in [4.78, 5) is 0. The molecule has 0 spiro atoms. The van der Waals surface area contributed by atoms with E-state index < -0.39 is 0 Å². The van der Waals surface area contributed by atoms with Crippen molar-refractivity contribution in [3.8, 4) is 22.7 Å². The monoisotopic (exact) mass is 265 g/mol. The number of methoxy groups -OCH3 is 1. The summed E-state index contributed by atoms with van der Waals surface area (Å²) in [5.74, 6) is 0.813. The van der Waals surface area contributed by atoms with Gasteiger partial charge in [-0.25, -0.2) is 4.68 Å². The van der Waals surface area contributed by atoms with Crippen LogP contribution in [-0.4, -0.2) is 22.1 Å². The molecule has 100 valence electrons. The quantitative estimate of drug-likeness (QED) is 0.729. The average Bonchev–Trinajstić information content (AvgIpc) is 2.97. The van der Waals surface area contributed by atoms with Crippen LogP contribution in [0.2, 0.25) is 0 Å². The largest absolute Gasteiger partial charge is 0.497 e. The van der Waals surface area contributed by atoms with Crippen molar-refractivity contribution < 1.29 is 4.74 Å². The van der Waals surface area contributed by atoms with Crippen LogP contribution in [0, 0.1) is 6.92 Å². The Kier molecular flexibility index (Phi) is 3.21. The number of nitrogens with zero attached hydrogens (tertiary/aromatic N) is 3. The van der Waals surface area contributed by atoms with Crippen LogP contribution in [-0.2, 0) is 0 Å². The van der Waals surface area contributed by atoms with Gasteiger partial charge < -0.3 is 4.74 Å². The molecule has 20 heavy (non-hydrogen) atoms. The van der Waals surface area contributed by atoms with Crippen LogP contribution in [0.4, 0.5) is 0 Å². The van der Waals surface area contributed by atoms with E-state index in [-0.39, 0.29) is 0 Å². The van der Waals surface area contributed by atoms with Gasteiger partial charge in [0.2, 0.25) is 0 Å². The number of ether oxygens (including phenoxy) is 1. The lowest BCUT2D eigenvalue weighted by Gasteiger charge is -2.01. The zero-order chi connectivity index (χ0) is 13.9. The molecule has 0 aliphatic heterocycles. The molecule has 0 aliphatic carbocycles. The summed E-state index contributed by atoms with van der Waals surface area (Å²) < 4.78 is 7.01. The fourth-order valence-corrected chi connectivity index (χ4v) is 2.08. The number of rotatable bonds is 3. The molecule has 0 saturated heterocycles. The minimum Gasteiger partial charge on any atom is -0.497 e. The van der Waals surface area contributed by atoms with Crippen molar-refractivity contribution in [3.63, 3.8) is 0 Å². The Hall–Kier alpha value is -2.62. The first-order valence-electron chi connectivity index (χ1n) is 6.40. The number of aromatic nitrogens is 3. The fourth-order valence-electron chi connectivity index (χ4n) is 2.08. The molecule has 0 N–H and O–H groups in total. The highest BCUT2D eigenvalue weighted by Crippen LogP contribution is 2.22. The summed E-state index contributed by atoms with van der Waals surface area (Å²) in [6, 6.07) is 16.0. The first-order valence-corrected chi connectivity index (χ1v) is 6.40. The highest BCUT2D eigenvalue weighted by molar-refractivity contribution is 5.60. The molecular formula is C16H15N3O. The number of benzene rings is 2. The van der Waals surface area contributed by atoms with Gasteiger partial charge in [-0.3, -0.25) is 0 Å². The topological polar surface area (TPSA) is 39.9 Å². The van der Waals surface area contributed by atoms with E-state index in [0.29, 0.717) is 0 Å². The lowest BCUT2D eigenvalue weighted by Crippen LogP contribution is -1.94. The van der Waals surface area contributed by atoms with Gasteiger partial charge in [0.15, 0.2) is 0 Å². The van der Waals surface area contributed by atoms with Crippen LogP contribution in [0.15, 0.2) is 54.7 Å². The Balaban J connectivity index is 1.97. The molecule has 3 rings (SSSR count). The first kappa shape index (κ1) is 12.4. The van der Waals surface area contributed by atoms with Gasteiger partial charge in [0.1, 0.15) is 11.4 Å². The third-order valence-electron chi connectivity index (χ3n) is 3.13. The second-order valence-corrected chi connectivity index (χ2v) is 4.62. The van der Waals surface area contributed by atoms with E-state index in [0.717, 1.165) is 22.7 Å². The Bertz CT molecular complexity index is 734. The summed E-state index contributed by atoms with van der Waals surface area (Å²) in [5.41, 5.74) is 4.02. The third kappa shape index (κ3) is 2.40. The molecule has 0 unspecified atom stereocenters. The Morgan fingerprint density at radius 1 is 1.05 bits per heavy atom. The molecule has 1 heterocycles. The minimum absolute atomic E-state index is 0.813. The smallest absolute Gasteiger partial charge is 0.119 e. The molecule has 3 aromatic rings. The van der Waals surface area contributed by atoms with E-state index in [9.17, 15) is 0 Å². The van der Waals surface area contributed by atoms with Gasteiger partial charge in [-0.1, -0.05) is 29.5 Å². The van der Waals surface area contributed by atoms with Crippen molar-refractivity contribution in [3.05, 3.63) is 60.3 Å². The van der Waals surface area contributed by atoms with Crippen LogP contribution >= 0.6 is 0 Å². The number of aryl methyl sites for hydroxylation is 1. The van der Waals surface area contributed by atoms with Gasteiger partial charge in [0, 0.05) is 5.56 Å². The molecule has 4 nitrogen and oxygen atoms in total. The van der Waals surface area contributed by atoms with E-state index >= 15 is 0 Å². The van der Waals surface area contributed by atoms with Crippen molar-refractivity contribution in [1.82, 2.24) is 15.0 Å². The molecule has 0 aliphatic rings. The highest BCUT2D eigenvalue weighted by atomic mass is 16.5. The Labute approximate surface area is 117 Å². The molecular weight excluding hydrogens is 250 g/mol. The van der Waals surface area contributed by atoms with Crippen LogP contribution in [0.1, 0.15) is 5.56 Å². The lowest BCUT2D eigenvalue weighted by atomic mass is 10.1. The molecule has 0 radical (unpaired) electrons. The van der Waals surface area contributed by atoms with Gasteiger partial charge >= 0.3 is 0 Å². The zero-order valence-electron chi connectivity index (χ0n) is 11.4. The van der Waals surface area contributed by atoms with Crippen molar-refractivity contribution in [2.75, 3.05) is 7.11 Å². The summed E-state index contributed by atoms with van der Waals surface area (Å²) in [6.07, 6.45) is 1.92. The normalized spacial score (nSPS) is 10.5. The molecule has 0 fully saturated rings. The average molecular weight is 265 g/mol. The van der Waals surface area contributed by atoms with Crippen molar-refractivity contribution >= 4 is 0 Å². The standard InChI is InChI=1S/C16H15N3O/c1-12-5-3-7-14(9-12)19-11-16(17-18-19)13-6-4-8-15(10-13)20-2/h3-11H,1-2H3. The summed E-state index contributed by atoms with van der Waals surface area (Å²) >= 11 is 0. The van der Waals surface area contributed by atoms with Crippen LogP contribution in [0.25, 0.3) is 16.9 Å². The Morgan fingerprint density at radius 2 is 1.90 bits per heavy atom. The molecule has 0 amide bonds. The minimum atomic E-state index is 0.813. The second kappa shape index (κ2) is 5.17. The van der Waals surface area contributed by atoms with Crippen molar-refractivity contribution in [2.24, 2.45) is 0 Å². The first-order chi connectivity index (χ1) is 9.76. The second-order valence-electron chi connectivity index (χ2n) is 4.62. The van der Waals surface area contributed by atoms with Gasteiger partial charge in [-0.15, -0.1) is 5.10 Å². The molecule has 0 bridgehead atoms. The van der Waals surface area contributed by atoms with Crippen LogP contribution < -0.4 is 4.74 Å². The maximum Gasteiger partial charge on any atom is 0.119 e. The predicted octanol–water partition coefficient (Wildman–Crippen LogP) is 3.25. The van der Waals surface area contributed by atoms with Gasteiger partial charge in [0.25, 0.3) is 0 Å². The van der Waals surface area contributed by atoms with E-state index in [2.05, 4.69) is 29.4 Å². The summed E-state index contributed by atoms with van der Waals surface area (Å²) in [6.45, 7) is 2.06. The predicted molar refractivity (Wildman–Crippen MR) is 78.1 cm³/mol. The molecule has 0 saturated carbocycles. The number of hydrogen-bond donors (Lipinski definition) is 0.